The fraction of sp³-hybridized carbons (Fsp3) is 0.318. The predicted molar refractivity (Wildman–Crippen MR) is 117 cm³/mol. The summed E-state index contributed by atoms with van der Waals surface area (Å²) in [5, 5.41) is 4.17. The molecule has 1 aliphatic heterocycles. The van der Waals surface area contributed by atoms with Gasteiger partial charge in [-0.05, 0) is 30.0 Å². The third-order valence-electron chi connectivity index (χ3n) is 5.75. The third kappa shape index (κ3) is 3.00. The quantitative estimate of drug-likeness (QED) is 0.310. The molecule has 4 aromatic rings. The predicted octanol–water partition coefficient (Wildman–Crippen LogP) is 5.47. The van der Waals surface area contributed by atoms with Gasteiger partial charge in [0.2, 0.25) is 0 Å². The molecular formula is C22H20ClN3O3S. The number of benzene rings is 1. The maximum absolute atomic E-state index is 12.9. The normalized spacial score (nSPS) is 24.0. The van der Waals surface area contributed by atoms with Crippen LogP contribution in [0.1, 0.15) is 36.9 Å². The molecule has 0 spiro atoms. The molecule has 0 saturated carbocycles. The van der Waals surface area contributed by atoms with E-state index in [9.17, 15) is 4.79 Å². The highest BCUT2D eigenvalue weighted by Gasteiger charge is 2.46. The summed E-state index contributed by atoms with van der Waals surface area (Å²) >= 11 is 7.99. The maximum atomic E-state index is 12.9. The SMILES string of the molecule is CC[C@H]1O[C@@H](n2c3ncnc(Cl)c3c3ccsc32)[C@H](OC(=O)c2ccccc2)[C@@H]1C. The smallest absolute Gasteiger partial charge is 0.338 e. The van der Waals surface area contributed by atoms with Gasteiger partial charge in [0.05, 0.1) is 17.1 Å². The second-order valence-corrected chi connectivity index (χ2v) is 8.69. The first kappa shape index (κ1) is 19.5. The zero-order chi connectivity index (χ0) is 20.8. The molecule has 154 valence electrons. The van der Waals surface area contributed by atoms with Crippen molar-refractivity contribution in [3.05, 3.63) is 58.8 Å². The number of hydrogen-bond donors (Lipinski definition) is 0. The Balaban J connectivity index is 1.62. The Morgan fingerprint density at radius 2 is 2.07 bits per heavy atom. The average Bonchev–Trinajstić information content (AvgIpc) is 3.42. The van der Waals surface area contributed by atoms with Crippen LogP contribution in [0.5, 0.6) is 0 Å². The van der Waals surface area contributed by atoms with Gasteiger partial charge in [0.15, 0.2) is 12.3 Å². The van der Waals surface area contributed by atoms with E-state index in [0.717, 1.165) is 22.0 Å². The molecule has 4 atom stereocenters. The molecule has 1 aliphatic rings. The molecule has 1 fully saturated rings. The van der Waals surface area contributed by atoms with Gasteiger partial charge >= 0.3 is 5.97 Å². The molecule has 8 heteroatoms. The summed E-state index contributed by atoms with van der Waals surface area (Å²) in [5.41, 5.74) is 1.21. The lowest BCUT2D eigenvalue weighted by atomic mass is 9.98. The molecule has 6 nitrogen and oxygen atoms in total. The fourth-order valence-electron chi connectivity index (χ4n) is 4.24. The monoisotopic (exact) mass is 441 g/mol. The molecule has 4 heterocycles. The average molecular weight is 442 g/mol. The highest BCUT2D eigenvalue weighted by atomic mass is 35.5. The van der Waals surface area contributed by atoms with Gasteiger partial charge < -0.3 is 9.47 Å². The summed E-state index contributed by atoms with van der Waals surface area (Å²) in [4.78, 5) is 22.5. The molecule has 0 amide bonds. The number of ether oxygens (including phenoxy) is 2. The van der Waals surface area contributed by atoms with E-state index in [1.165, 1.54) is 6.33 Å². The molecule has 1 aromatic carbocycles. The van der Waals surface area contributed by atoms with Gasteiger partial charge in [-0.3, -0.25) is 4.57 Å². The zero-order valence-electron chi connectivity index (χ0n) is 16.5. The molecule has 5 rings (SSSR count). The van der Waals surface area contributed by atoms with Crippen LogP contribution in [-0.4, -0.2) is 32.7 Å². The minimum Gasteiger partial charge on any atom is -0.454 e. The molecular weight excluding hydrogens is 422 g/mol. The Kier molecular flexibility index (Phi) is 4.97. The topological polar surface area (TPSA) is 66.2 Å². The molecule has 1 saturated heterocycles. The number of rotatable bonds is 4. The van der Waals surface area contributed by atoms with E-state index in [-0.39, 0.29) is 18.0 Å². The number of carbonyl (C=O) groups is 1. The summed E-state index contributed by atoms with van der Waals surface area (Å²) in [6.45, 7) is 4.14. The second-order valence-electron chi connectivity index (χ2n) is 7.44. The van der Waals surface area contributed by atoms with E-state index in [1.54, 1.807) is 23.5 Å². The van der Waals surface area contributed by atoms with Crippen LogP contribution in [0.15, 0.2) is 48.1 Å². The lowest BCUT2D eigenvalue weighted by molar-refractivity contribution is -0.0445. The summed E-state index contributed by atoms with van der Waals surface area (Å²) < 4.78 is 14.5. The van der Waals surface area contributed by atoms with Gasteiger partial charge in [0.1, 0.15) is 22.0 Å². The first-order chi connectivity index (χ1) is 14.6. The number of fused-ring (bicyclic) bond motifs is 3. The first-order valence-electron chi connectivity index (χ1n) is 9.89. The van der Waals surface area contributed by atoms with Crippen molar-refractivity contribution in [2.24, 2.45) is 5.92 Å². The van der Waals surface area contributed by atoms with Crippen molar-refractivity contribution in [1.82, 2.24) is 14.5 Å². The Hall–Kier alpha value is -2.48. The van der Waals surface area contributed by atoms with E-state index < -0.39 is 12.3 Å². The first-order valence-corrected chi connectivity index (χ1v) is 11.1. The van der Waals surface area contributed by atoms with Crippen molar-refractivity contribution in [2.75, 3.05) is 0 Å². The fourth-order valence-corrected chi connectivity index (χ4v) is 5.40. The number of hydrogen-bond acceptors (Lipinski definition) is 6. The minimum atomic E-state index is -0.498. The van der Waals surface area contributed by atoms with Crippen molar-refractivity contribution in [3.63, 3.8) is 0 Å². The number of nitrogens with zero attached hydrogens (tertiary/aromatic N) is 3. The number of aromatic nitrogens is 3. The van der Waals surface area contributed by atoms with Gasteiger partial charge in [0, 0.05) is 11.3 Å². The van der Waals surface area contributed by atoms with E-state index in [4.69, 9.17) is 21.1 Å². The van der Waals surface area contributed by atoms with Crippen molar-refractivity contribution in [3.8, 4) is 0 Å². The van der Waals surface area contributed by atoms with Crippen LogP contribution in [0.3, 0.4) is 0 Å². The molecule has 0 radical (unpaired) electrons. The van der Waals surface area contributed by atoms with Crippen LogP contribution in [0, 0.1) is 5.92 Å². The summed E-state index contributed by atoms with van der Waals surface area (Å²) in [5.74, 6) is -0.332. The van der Waals surface area contributed by atoms with Crippen LogP contribution in [0.25, 0.3) is 21.3 Å². The van der Waals surface area contributed by atoms with E-state index >= 15 is 0 Å². The van der Waals surface area contributed by atoms with Crippen molar-refractivity contribution in [2.45, 2.75) is 38.7 Å². The van der Waals surface area contributed by atoms with Crippen LogP contribution >= 0.6 is 22.9 Å². The van der Waals surface area contributed by atoms with Gasteiger partial charge in [0.25, 0.3) is 0 Å². The largest absolute Gasteiger partial charge is 0.454 e. The molecule has 0 bridgehead atoms. The summed E-state index contributed by atoms with van der Waals surface area (Å²) in [6.07, 6.45) is 1.28. The minimum absolute atomic E-state index is 0.0254. The Morgan fingerprint density at radius 3 is 2.83 bits per heavy atom. The van der Waals surface area contributed by atoms with Gasteiger partial charge in [-0.15, -0.1) is 11.3 Å². The van der Waals surface area contributed by atoms with Crippen molar-refractivity contribution < 1.29 is 14.3 Å². The lowest BCUT2D eigenvalue weighted by Crippen LogP contribution is -2.30. The van der Waals surface area contributed by atoms with E-state index in [2.05, 4.69) is 23.8 Å². The highest BCUT2D eigenvalue weighted by Crippen LogP contribution is 2.44. The Morgan fingerprint density at radius 1 is 1.27 bits per heavy atom. The van der Waals surface area contributed by atoms with Crippen LogP contribution in [0.2, 0.25) is 5.15 Å². The summed E-state index contributed by atoms with van der Waals surface area (Å²) in [7, 11) is 0. The van der Waals surface area contributed by atoms with E-state index in [0.29, 0.717) is 16.4 Å². The van der Waals surface area contributed by atoms with Gasteiger partial charge in [-0.2, -0.15) is 0 Å². The van der Waals surface area contributed by atoms with Gasteiger partial charge in [-0.1, -0.05) is 43.6 Å². The third-order valence-corrected chi connectivity index (χ3v) is 6.95. The van der Waals surface area contributed by atoms with Crippen molar-refractivity contribution in [1.29, 1.82) is 0 Å². The van der Waals surface area contributed by atoms with Crippen molar-refractivity contribution >= 4 is 50.2 Å². The molecule has 0 N–H and O–H groups in total. The second kappa shape index (κ2) is 7.65. The zero-order valence-corrected chi connectivity index (χ0v) is 18.1. The maximum Gasteiger partial charge on any atom is 0.338 e. The standard InChI is InChI=1S/C22H20ClN3O3S/c1-3-15-12(2)17(29-22(27)13-7-5-4-6-8-13)20(28-15)26-19-16(18(23)24-11-25-19)14-9-10-30-21(14)26/h4-12,15,17,20H,3H2,1-2H3/t12-,15-,17-,20-/m1/s1. The molecule has 0 aliphatic carbocycles. The molecule has 0 unspecified atom stereocenters. The highest BCUT2D eigenvalue weighted by molar-refractivity contribution is 7.17. The number of carbonyl (C=O) groups excluding carboxylic acids is 1. The van der Waals surface area contributed by atoms with E-state index in [1.807, 2.05) is 34.2 Å². The number of esters is 1. The Bertz CT molecular complexity index is 1220. The summed E-state index contributed by atoms with van der Waals surface area (Å²) in [6, 6.07) is 11.0. The molecule has 3 aromatic heterocycles. The van der Waals surface area contributed by atoms with Gasteiger partial charge in [-0.25, -0.2) is 14.8 Å². The van der Waals surface area contributed by atoms with Crippen LogP contribution < -0.4 is 0 Å². The van der Waals surface area contributed by atoms with Crippen LogP contribution in [0.4, 0.5) is 0 Å². The lowest BCUT2D eigenvalue weighted by Gasteiger charge is -2.23. The number of thiophene rings is 1. The Labute approximate surface area is 182 Å². The van der Waals surface area contributed by atoms with Crippen LogP contribution in [-0.2, 0) is 9.47 Å². The molecule has 30 heavy (non-hydrogen) atoms. The number of halogens is 1.